The molecular weight excluding hydrogens is 215 g/mol. The van der Waals surface area contributed by atoms with Crippen LogP contribution in [0.2, 0.25) is 0 Å². The summed E-state index contributed by atoms with van der Waals surface area (Å²) in [5.74, 6) is 0. The molecule has 1 heterocycles. The van der Waals surface area contributed by atoms with Crippen LogP contribution < -0.4 is 0 Å². The molecule has 0 bridgehead atoms. The van der Waals surface area contributed by atoms with Crippen molar-refractivity contribution in [1.82, 2.24) is 0 Å². The lowest BCUT2D eigenvalue weighted by atomic mass is 10.7. The van der Waals surface area contributed by atoms with Crippen LogP contribution in [0.15, 0.2) is 0 Å². The van der Waals surface area contributed by atoms with Crippen LogP contribution in [0.1, 0.15) is 0 Å². The summed E-state index contributed by atoms with van der Waals surface area (Å²) in [4.78, 5) is 0. The summed E-state index contributed by atoms with van der Waals surface area (Å²) in [6.07, 6.45) is -4.45. The van der Waals surface area contributed by atoms with E-state index in [0.717, 1.165) is 0 Å². The van der Waals surface area contributed by atoms with E-state index in [1.54, 1.807) is 0 Å². The molecule has 0 aliphatic carbocycles. The van der Waals surface area contributed by atoms with Crippen LogP contribution in [0, 0.1) is 0 Å². The number of ether oxygens (including phenoxy) is 2. The van der Waals surface area contributed by atoms with Gasteiger partial charge in [0, 0.05) is 0 Å². The van der Waals surface area contributed by atoms with Crippen LogP contribution in [0.25, 0.3) is 0 Å². The molecule has 1 fully saturated rings. The lowest BCUT2D eigenvalue weighted by molar-refractivity contribution is -0.366. The highest BCUT2D eigenvalue weighted by atomic mass is 35.5. The minimum Gasteiger partial charge on any atom is -0.238 e. The SMILES string of the molecule is FC1(F)O[C@](F)(Cl)[C@@](F)(Cl)O1. The molecule has 0 radical (unpaired) electrons. The summed E-state index contributed by atoms with van der Waals surface area (Å²) >= 11 is 8.89. The van der Waals surface area contributed by atoms with Crippen molar-refractivity contribution in [2.24, 2.45) is 0 Å². The Morgan fingerprint density at radius 3 is 1.18 bits per heavy atom. The molecule has 0 aromatic heterocycles. The van der Waals surface area contributed by atoms with E-state index < -0.39 is 16.9 Å². The smallest absolute Gasteiger partial charge is 0.238 e. The summed E-state index contributed by atoms with van der Waals surface area (Å²) < 4.78 is 54.3. The fourth-order valence-corrected chi connectivity index (χ4v) is 0.695. The van der Waals surface area contributed by atoms with Gasteiger partial charge in [-0.1, -0.05) is 0 Å². The molecule has 0 saturated carbocycles. The molecule has 1 rings (SSSR count). The predicted molar refractivity (Wildman–Crippen MR) is 26.5 cm³/mol. The average Bonchev–Trinajstić information content (AvgIpc) is 1.66. The van der Waals surface area contributed by atoms with E-state index in [-0.39, 0.29) is 0 Å². The molecule has 2 atom stereocenters. The van der Waals surface area contributed by atoms with Gasteiger partial charge in [0.05, 0.1) is 0 Å². The van der Waals surface area contributed by atoms with Gasteiger partial charge in [0.2, 0.25) is 0 Å². The summed E-state index contributed by atoms with van der Waals surface area (Å²) in [6.45, 7) is 0. The monoisotopic (exact) mass is 214 g/mol. The minimum atomic E-state index is -4.45. The van der Waals surface area contributed by atoms with E-state index in [2.05, 4.69) is 32.7 Å². The van der Waals surface area contributed by atoms with Gasteiger partial charge in [-0.3, -0.25) is 0 Å². The second-order valence-corrected chi connectivity index (χ2v) is 2.67. The Kier molecular flexibility index (Phi) is 1.80. The van der Waals surface area contributed by atoms with Gasteiger partial charge in [-0.15, -0.1) is 8.78 Å². The van der Waals surface area contributed by atoms with E-state index in [9.17, 15) is 17.6 Å². The minimum absolute atomic E-state index is 2.99. The van der Waals surface area contributed by atoms with E-state index in [4.69, 9.17) is 0 Å². The van der Waals surface area contributed by atoms with Gasteiger partial charge in [-0.05, 0) is 23.2 Å². The molecule has 1 saturated heterocycles. The zero-order chi connectivity index (χ0) is 8.91. The lowest BCUT2D eigenvalue weighted by Gasteiger charge is -2.14. The van der Waals surface area contributed by atoms with Crippen molar-refractivity contribution in [2.45, 2.75) is 16.9 Å². The first kappa shape index (κ1) is 9.31. The van der Waals surface area contributed by atoms with Gasteiger partial charge in [0.1, 0.15) is 0 Å². The highest BCUT2D eigenvalue weighted by Crippen LogP contribution is 2.52. The highest BCUT2D eigenvalue weighted by molar-refractivity contribution is 6.32. The first-order valence-electron chi connectivity index (χ1n) is 2.20. The Balaban J connectivity index is 2.89. The maximum Gasteiger partial charge on any atom is 0.493 e. The van der Waals surface area contributed by atoms with Crippen LogP contribution in [0.5, 0.6) is 0 Å². The summed E-state index contributed by atoms with van der Waals surface area (Å²) in [7, 11) is 0. The molecule has 0 aromatic carbocycles. The van der Waals surface area contributed by atoms with Gasteiger partial charge in [0.25, 0.3) is 0 Å². The largest absolute Gasteiger partial charge is 0.493 e. The third-order valence-corrected chi connectivity index (χ3v) is 1.57. The zero-order valence-corrected chi connectivity index (χ0v) is 6.10. The molecule has 0 aromatic rings. The van der Waals surface area contributed by atoms with Gasteiger partial charge in [-0.25, -0.2) is 9.47 Å². The molecule has 2 nitrogen and oxygen atoms in total. The molecule has 0 spiro atoms. The lowest BCUT2D eigenvalue weighted by Crippen LogP contribution is -2.34. The number of hydrogen-bond donors (Lipinski definition) is 0. The number of rotatable bonds is 0. The molecule has 0 N–H and O–H groups in total. The Hall–Kier alpha value is 0.220. The molecule has 1 aliphatic heterocycles. The Bertz CT molecular complexity index is 164. The quantitative estimate of drug-likeness (QED) is 0.455. The highest BCUT2D eigenvalue weighted by Gasteiger charge is 2.71. The van der Waals surface area contributed by atoms with Crippen LogP contribution >= 0.6 is 23.2 Å². The van der Waals surface area contributed by atoms with Crippen molar-refractivity contribution >= 4 is 23.2 Å². The summed E-state index contributed by atoms with van der Waals surface area (Å²) in [5, 5.41) is -7.75. The third-order valence-electron chi connectivity index (χ3n) is 0.833. The normalized spacial score (nSPS) is 49.6. The fraction of sp³-hybridized carbons (Fsp3) is 1.00. The first-order chi connectivity index (χ1) is 4.66. The van der Waals surface area contributed by atoms with Crippen molar-refractivity contribution < 1.29 is 27.0 Å². The molecule has 0 unspecified atom stereocenters. The van der Waals surface area contributed by atoms with E-state index >= 15 is 0 Å². The first-order valence-corrected chi connectivity index (χ1v) is 2.96. The van der Waals surface area contributed by atoms with E-state index in [1.165, 1.54) is 0 Å². The van der Waals surface area contributed by atoms with Gasteiger partial charge in [0.15, 0.2) is 0 Å². The summed E-state index contributed by atoms with van der Waals surface area (Å²) in [6, 6.07) is 0. The number of alkyl halides is 6. The standard InChI is InChI=1S/C3Cl2F4O2/c4-1(6)2(5,7)11-3(8,9)10-1/t1-,2-/m0/s1. The average molecular weight is 215 g/mol. The van der Waals surface area contributed by atoms with E-state index in [1.807, 2.05) is 0 Å². The molecule has 0 amide bonds. The van der Waals surface area contributed by atoms with Crippen molar-refractivity contribution in [3.8, 4) is 0 Å². The second kappa shape index (κ2) is 2.12. The molecule has 8 heteroatoms. The van der Waals surface area contributed by atoms with Crippen molar-refractivity contribution in [2.75, 3.05) is 0 Å². The molecule has 1 aliphatic rings. The third kappa shape index (κ3) is 1.53. The van der Waals surface area contributed by atoms with Crippen LogP contribution in [-0.2, 0) is 9.47 Å². The van der Waals surface area contributed by atoms with Crippen LogP contribution in [0.4, 0.5) is 17.6 Å². The maximum atomic E-state index is 12.3. The zero-order valence-electron chi connectivity index (χ0n) is 4.58. The van der Waals surface area contributed by atoms with Gasteiger partial charge in [-0.2, -0.15) is 8.78 Å². The van der Waals surface area contributed by atoms with Crippen molar-refractivity contribution in [1.29, 1.82) is 0 Å². The number of halogens is 6. The van der Waals surface area contributed by atoms with Crippen LogP contribution in [-0.4, -0.2) is 16.9 Å². The van der Waals surface area contributed by atoms with Crippen molar-refractivity contribution in [3.63, 3.8) is 0 Å². The Morgan fingerprint density at radius 2 is 1.09 bits per heavy atom. The van der Waals surface area contributed by atoms with Crippen LogP contribution in [0.3, 0.4) is 0 Å². The Labute approximate surface area is 68.0 Å². The maximum absolute atomic E-state index is 12.3. The molecule has 66 valence electrons. The summed E-state index contributed by atoms with van der Waals surface area (Å²) in [5.41, 5.74) is 0. The van der Waals surface area contributed by atoms with Gasteiger partial charge < -0.3 is 0 Å². The topological polar surface area (TPSA) is 18.5 Å². The molecule has 11 heavy (non-hydrogen) atoms. The fourth-order valence-electron chi connectivity index (χ4n) is 0.438. The van der Waals surface area contributed by atoms with Gasteiger partial charge >= 0.3 is 16.9 Å². The predicted octanol–water partition coefficient (Wildman–Crippen LogP) is 2.31. The second-order valence-electron chi connectivity index (χ2n) is 1.70. The van der Waals surface area contributed by atoms with E-state index in [0.29, 0.717) is 0 Å². The number of hydrogen-bond acceptors (Lipinski definition) is 2. The van der Waals surface area contributed by atoms with Crippen molar-refractivity contribution in [3.05, 3.63) is 0 Å². The Morgan fingerprint density at radius 1 is 0.818 bits per heavy atom. The molecular formula is C3Cl2F4O2.